The van der Waals surface area contributed by atoms with E-state index in [0.29, 0.717) is 25.8 Å². The number of nitrogens with two attached hydrogens (primary N) is 3. The molecule has 0 rings (SSSR count). The summed E-state index contributed by atoms with van der Waals surface area (Å²) in [6.45, 7) is 5.00. The smallest absolute Gasteiger partial charge is 0.331 e. The second-order valence-electron chi connectivity index (χ2n) is 11.8. The van der Waals surface area contributed by atoms with Gasteiger partial charge in [-0.15, -0.1) is 0 Å². The zero-order valence-electron chi connectivity index (χ0n) is 28.4. The molecule has 0 amide bonds. The van der Waals surface area contributed by atoms with Gasteiger partial charge in [0.15, 0.2) is 0 Å². The van der Waals surface area contributed by atoms with Crippen molar-refractivity contribution in [2.24, 2.45) is 17.2 Å². The van der Waals surface area contributed by atoms with E-state index in [9.17, 15) is 24.0 Å². The van der Waals surface area contributed by atoms with Gasteiger partial charge in [0, 0.05) is 12.8 Å². The molecular formula is C34H65N3O8. The lowest BCUT2D eigenvalue weighted by atomic mass is 10.1. The molecular weight excluding hydrogens is 578 g/mol. The lowest BCUT2D eigenvalue weighted by Crippen LogP contribution is -2.36. The minimum Gasteiger partial charge on any atom is -0.480 e. The molecule has 0 radical (unpaired) electrons. The first-order valence-electron chi connectivity index (χ1n) is 17.5. The summed E-state index contributed by atoms with van der Waals surface area (Å²) < 4.78 is 9.46. The van der Waals surface area contributed by atoms with Crippen molar-refractivity contribution in [1.29, 1.82) is 0 Å². The van der Waals surface area contributed by atoms with Gasteiger partial charge in [0.25, 0.3) is 0 Å². The number of carboxylic acids is 1. The highest BCUT2D eigenvalue weighted by Crippen LogP contribution is 2.12. The molecule has 0 aromatic carbocycles. The monoisotopic (exact) mass is 643 g/mol. The number of carbonyl (C=O) groups excluding carboxylic acids is 4. The van der Waals surface area contributed by atoms with Crippen LogP contribution in [0.4, 0.5) is 0 Å². The number of carboxylic acid groups (broad SMARTS) is 1. The van der Waals surface area contributed by atoms with Gasteiger partial charge < -0.3 is 31.8 Å². The lowest BCUT2D eigenvalue weighted by molar-refractivity contribution is -0.166. The number of esters is 4. The average molecular weight is 644 g/mol. The quantitative estimate of drug-likeness (QED) is 0.0428. The van der Waals surface area contributed by atoms with Crippen molar-refractivity contribution < 1.29 is 38.6 Å². The Bertz CT molecular complexity index is 779. The molecule has 0 fully saturated rings. The van der Waals surface area contributed by atoms with Gasteiger partial charge in [-0.25, -0.2) is 4.79 Å². The summed E-state index contributed by atoms with van der Waals surface area (Å²) in [4.78, 5) is 57.5. The molecule has 0 spiro atoms. The van der Waals surface area contributed by atoms with E-state index in [1.54, 1.807) is 0 Å². The van der Waals surface area contributed by atoms with Crippen LogP contribution in [0.25, 0.3) is 0 Å². The normalized spacial score (nSPS) is 12.0. The predicted molar refractivity (Wildman–Crippen MR) is 177 cm³/mol. The fourth-order valence-corrected chi connectivity index (χ4v) is 4.51. The predicted octanol–water partition coefficient (Wildman–Crippen LogP) is 6.21. The number of carbonyl (C=O) groups is 5. The first-order valence-corrected chi connectivity index (χ1v) is 17.5. The Morgan fingerprint density at radius 2 is 0.933 bits per heavy atom. The van der Waals surface area contributed by atoms with Crippen LogP contribution in [0.2, 0.25) is 0 Å². The summed E-state index contributed by atoms with van der Waals surface area (Å²) >= 11 is 0. The second kappa shape index (κ2) is 33.0. The molecule has 264 valence electrons. The van der Waals surface area contributed by atoms with Crippen molar-refractivity contribution in [1.82, 2.24) is 0 Å². The van der Waals surface area contributed by atoms with Crippen molar-refractivity contribution >= 4 is 29.8 Å². The van der Waals surface area contributed by atoms with Crippen LogP contribution in [-0.2, 0) is 33.4 Å². The van der Waals surface area contributed by atoms with E-state index in [0.717, 1.165) is 51.4 Å². The van der Waals surface area contributed by atoms with E-state index in [-0.39, 0.29) is 12.8 Å². The minimum absolute atomic E-state index is 0.149. The summed E-state index contributed by atoms with van der Waals surface area (Å²) in [5, 5.41) is 8.33. The Morgan fingerprint density at radius 1 is 0.533 bits per heavy atom. The van der Waals surface area contributed by atoms with Crippen LogP contribution in [0.5, 0.6) is 0 Å². The van der Waals surface area contributed by atoms with E-state index < -0.39 is 48.4 Å². The summed E-state index contributed by atoms with van der Waals surface area (Å²) in [6, 6.07) is -2.04. The topological polar surface area (TPSA) is 202 Å². The molecule has 0 aromatic rings. The van der Waals surface area contributed by atoms with Gasteiger partial charge in [0.1, 0.15) is 12.1 Å². The van der Waals surface area contributed by atoms with Crippen LogP contribution < -0.4 is 17.2 Å². The van der Waals surface area contributed by atoms with Gasteiger partial charge in [0.05, 0.1) is 6.42 Å². The zero-order valence-corrected chi connectivity index (χ0v) is 28.4. The van der Waals surface area contributed by atoms with Crippen molar-refractivity contribution in [3.8, 4) is 0 Å². The molecule has 0 unspecified atom stereocenters. The van der Waals surface area contributed by atoms with Gasteiger partial charge in [0.2, 0.25) is 0 Å². The van der Waals surface area contributed by atoms with Crippen molar-refractivity contribution in [2.45, 2.75) is 180 Å². The van der Waals surface area contributed by atoms with Gasteiger partial charge >= 0.3 is 29.8 Å². The fourth-order valence-electron chi connectivity index (χ4n) is 4.51. The largest absolute Gasteiger partial charge is 0.480 e. The third kappa shape index (κ3) is 32.8. The Hall–Kier alpha value is -2.37. The SMILES string of the molecule is CCCCCCCCCCCC(=O)OC(=O)C[C@H](N)C(=O)OC(=O)CCCCCCCCCCC.NCCCC[C@H](N)C(=O)O. The Morgan fingerprint density at radius 3 is 1.33 bits per heavy atom. The molecule has 0 aromatic heterocycles. The Kier molecular flexibility index (Phi) is 32.8. The van der Waals surface area contributed by atoms with Crippen LogP contribution in [0.1, 0.15) is 168 Å². The first kappa shape index (κ1) is 44.8. The van der Waals surface area contributed by atoms with Crippen LogP contribution in [0.3, 0.4) is 0 Å². The van der Waals surface area contributed by atoms with Gasteiger partial charge in [-0.3, -0.25) is 19.2 Å². The minimum atomic E-state index is -1.32. The standard InChI is InChI=1S/C28H51NO6.C6H14N2O2/c1-3-5-7-9-11-13-15-17-19-21-25(30)34-27(32)23-24(29)28(33)35-26(31)22-20-18-16-14-12-10-8-6-4-2;7-4-2-1-3-5(8)6(9)10/h24H,3-23,29H2,1-2H3;5H,1-4,7-8H2,(H,9,10)/t24-;5-/m00/s1. The van der Waals surface area contributed by atoms with Crippen LogP contribution in [0.15, 0.2) is 0 Å². The van der Waals surface area contributed by atoms with Crippen LogP contribution >= 0.6 is 0 Å². The highest BCUT2D eigenvalue weighted by atomic mass is 16.6. The molecule has 0 aliphatic carbocycles. The molecule has 0 aliphatic heterocycles. The molecule has 0 aliphatic rings. The summed E-state index contributed by atoms with van der Waals surface area (Å²) in [7, 11) is 0. The van der Waals surface area contributed by atoms with Crippen molar-refractivity contribution in [3.63, 3.8) is 0 Å². The third-order valence-electron chi connectivity index (χ3n) is 7.39. The highest BCUT2D eigenvalue weighted by Gasteiger charge is 2.23. The number of aliphatic carboxylic acids is 1. The number of rotatable bonds is 28. The van der Waals surface area contributed by atoms with Crippen LogP contribution in [-0.4, -0.2) is 53.6 Å². The van der Waals surface area contributed by atoms with Crippen molar-refractivity contribution in [3.05, 3.63) is 0 Å². The lowest BCUT2D eigenvalue weighted by Gasteiger charge is -2.10. The molecule has 45 heavy (non-hydrogen) atoms. The maximum atomic E-state index is 11.9. The van der Waals surface area contributed by atoms with Crippen molar-refractivity contribution in [2.75, 3.05) is 6.54 Å². The van der Waals surface area contributed by atoms with Gasteiger partial charge in [-0.2, -0.15) is 0 Å². The Labute approximate surface area is 272 Å². The maximum absolute atomic E-state index is 11.9. The van der Waals surface area contributed by atoms with E-state index in [4.69, 9.17) is 31.8 Å². The van der Waals surface area contributed by atoms with Crippen LogP contribution in [0, 0.1) is 0 Å². The molecule has 11 heteroatoms. The second-order valence-corrected chi connectivity index (χ2v) is 11.8. The van der Waals surface area contributed by atoms with E-state index >= 15 is 0 Å². The summed E-state index contributed by atoms with van der Waals surface area (Å²) in [5.74, 6) is -4.02. The zero-order chi connectivity index (χ0) is 34.1. The van der Waals surface area contributed by atoms with E-state index in [1.165, 1.54) is 64.2 Å². The van der Waals surface area contributed by atoms with Gasteiger partial charge in [-0.05, 0) is 32.2 Å². The molecule has 2 atom stereocenters. The molecule has 11 nitrogen and oxygen atoms in total. The maximum Gasteiger partial charge on any atom is 0.331 e. The summed E-state index contributed by atoms with van der Waals surface area (Å²) in [5.41, 5.74) is 16.1. The molecule has 0 saturated heterocycles. The molecule has 7 N–H and O–H groups in total. The van der Waals surface area contributed by atoms with E-state index in [2.05, 4.69) is 13.8 Å². The fraction of sp³-hybridized carbons (Fsp3) is 0.853. The summed E-state index contributed by atoms with van der Waals surface area (Å²) in [6.07, 6.45) is 22.2. The van der Waals surface area contributed by atoms with Gasteiger partial charge in [-0.1, -0.05) is 123 Å². The number of ether oxygens (including phenoxy) is 2. The number of hydrogen-bond acceptors (Lipinski definition) is 10. The highest BCUT2D eigenvalue weighted by molar-refractivity contribution is 5.92. The molecule has 0 saturated carbocycles. The third-order valence-corrected chi connectivity index (χ3v) is 7.39. The molecule has 0 bridgehead atoms. The van der Waals surface area contributed by atoms with E-state index in [1.807, 2.05) is 0 Å². The molecule has 0 heterocycles. The number of unbranched alkanes of at least 4 members (excludes halogenated alkanes) is 17. The average Bonchev–Trinajstić information content (AvgIpc) is 2.99. The Balaban J connectivity index is 0. The number of hydrogen-bond donors (Lipinski definition) is 4. The first-order chi connectivity index (χ1) is 21.6.